The van der Waals surface area contributed by atoms with Gasteiger partial charge in [0.2, 0.25) is 0 Å². The second-order valence-electron chi connectivity index (χ2n) is 3.60. The first kappa shape index (κ1) is 12.3. The third-order valence-electron chi connectivity index (χ3n) is 2.61. The Balaban J connectivity index is 1.86. The van der Waals surface area contributed by atoms with Gasteiger partial charge in [-0.2, -0.15) is 0 Å². The van der Waals surface area contributed by atoms with Gasteiger partial charge >= 0.3 is 6.03 Å². The van der Waals surface area contributed by atoms with E-state index in [4.69, 9.17) is 4.74 Å². The summed E-state index contributed by atoms with van der Waals surface area (Å²) in [6.07, 6.45) is 0.954. The van der Waals surface area contributed by atoms with Crippen LogP contribution < -0.4 is 10.6 Å². The summed E-state index contributed by atoms with van der Waals surface area (Å²) in [5.74, 6) is 0. The molecular formula is C10H21N3O2. The second-order valence-corrected chi connectivity index (χ2v) is 3.60. The van der Waals surface area contributed by atoms with Gasteiger partial charge in [-0.05, 0) is 13.1 Å². The lowest BCUT2D eigenvalue weighted by Crippen LogP contribution is -2.63. The van der Waals surface area contributed by atoms with Gasteiger partial charge in [0.15, 0.2) is 0 Å². The molecule has 0 aromatic heterocycles. The predicted molar refractivity (Wildman–Crippen MR) is 58.7 cm³/mol. The topological polar surface area (TPSA) is 53.6 Å². The highest BCUT2D eigenvalue weighted by Crippen LogP contribution is 1.97. The molecule has 0 bridgehead atoms. The van der Waals surface area contributed by atoms with Crippen molar-refractivity contribution in [2.75, 3.05) is 32.8 Å². The molecule has 0 aromatic rings. The predicted octanol–water partition coefficient (Wildman–Crippen LogP) is 0.374. The van der Waals surface area contributed by atoms with E-state index in [2.05, 4.69) is 29.4 Å². The van der Waals surface area contributed by atoms with Crippen LogP contribution in [0.5, 0.6) is 0 Å². The monoisotopic (exact) mass is 215 g/mol. The van der Waals surface area contributed by atoms with Crippen molar-refractivity contribution in [3.05, 3.63) is 0 Å². The van der Waals surface area contributed by atoms with Gasteiger partial charge in [0, 0.05) is 13.0 Å². The lowest BCUT2D eigenvalue weighted by atomic mass is 10.3. The maximum absolute atomic E-state index is 10.5. The molecule has 0 aromatic carbocycles. The number of amides is 2. The fourth-order valence-corrected chi connectivity index (χ4v) is 1.50. The minimum absolute atomic E-state index is 0.0804. The molecule has 1 aliphatic rings. The molecule has 1 rings (SSSR count). The largest absolute Gasteiger partial charge is 0.380 e. The van der Waals surface area contributed by atoms with Crippen molar-refractivity contribution in [1.82, 2.24) is 15.5 Å². The maximum Gasteiger partial charge on any atom is 0.318 e. The van der Waals surface area contributed by atoms with Crippen LogP contribution in [-0.2, 0) is 4.74 Å². The molecule has 5 nitrogen and oxygen atoms in total. The number of urea groups is 1. The SMILES string of the molecule is CCN(CC)CCOCCC1NC(=O)N1. The fraction of sp³-hybridized carbons (Fsp3) is 0.900. The summed E-state index contributed by atoms with van der Waals surface area (Å²) in [4.78, 5) is 12.8. The highest BCUT2D eigenvalue weighted by Gasteiger charge is 2.22. The first-order valence-electron chi connectivity index (χ1n) is 5.63. The van der Waals surface area contributed by atoms with Gasteiger partial charge in [-0.15, -0.1) is 0 Å². The zero-order valence-corrected chi connectivity index (χ0v) is 9.58. The Labute approximate surface area is 91.2 Å². The van der Waals surface area contributed by atoms with Gasteiger partial charge in [0.05, 0.1) is 13.2 Å². The van der Waals surface area contributed by atoms with Gasteiger partial charge in [0.25, 0.3) is 0 Å². The van der Waals surface area contributed by atoms with Crippen LogP contribution in [0.3, 0.4) is 0 Å². The summed E-state index contributed by atoms with van der Waals surface area (Å²) in [6, 6.07) is -0.0804. The first-order valence-corrected chi connectivity index (χ1v) is 5.63. The van der Waals surface area contributed by atoms with E-state index in [9.17, 15) is 4.79 Å². The summed E-state index contributed by atoms with van der Waals surface area (Å²) < 4.78 is 5.48. The minimum atomic E-state index is -0.0804. The smallest absolute Gasteiger partial charge is 0.318 e. The number of carbonyl (C=O) groups is 1. The maximum atomic E-state index is 10.5. The number of carbonyl (C=O) groups excluding carboxylic acids is 1. The lowest BCUT2D eigenvalue weighted by Gasteiger charge is -2.29. The van der Waals surface area contributed by atoms with E-state index in [1.54, 1.807) is 0 Å². The highest BCUT2D eigenvalue weighted by atomic mass is 16.5. The number of nitrogens with one attached hydrogen (secondary N) is 2. The normalized spacial score (nSPS) is 16.1. The Morgan fingerprint density at radius 3 is 2.47 bits per heavy atom. The minimum Gasteiger partial charge on any atom is -0.380 e. The summed E-state index contributed by atoms with van der Waals surface area (Å²) >= 11 is 0. The summed E-state index contributed by atoms with van der Waals surface area (Å²) in [7, 11) is 0. The second kappa shape index (κ2) is 6.63. The number of hydrogen-bond donors (Lipinski definition) is 2. The van der Waals surface area contributed by atoms with Crippen LogP contribution in [-0.4, -0.2) is 49.9 Å². The van der Waals surface area contributed by atoms with Crippen LogP contribution >= 0.6 is 0 Å². The molecule has 2 N–H and O–H groups in total. The van der Waals surface area contributed by atoms with E-state index in [1.165, 1.54) is 0 Å². The van der Waals surface area contributed by atoms with Gasteiger partial charge < -0.3 is 20.3 Å². The van der Waals surface area contributed by atoms with Crippen molar-refractivity contribution in [2.45, 2.75) is 26.4 Å². The standard InChI is InChI=1S/C10H21N3O2/c1-3-13(4-2)6-8-15-7-5-9-11-10(14)12-9/h9H,3-8H2,1-2H3,(H2,11,12,14). The number of likely N-dealkylation sites (N-methyl/N-ethyl adjacent to an activating group) is 1. The quantitative estimate of drug-likeness (QED) is 0.575. The molecule has 0 unspecified atom stereocenters. The van der Waals surface area contributed by atoms with Crippen LogP contribution in [0.1, 0.15) is 20.3 Å². The van der Waals surface area contributed by atoms with Gasteiger partial charge in [-0.1, -0.05) is 13.8 Å². The Bertz CT molecular complexity index is 187. The molecule has 2 amide bonds. The molecule has 88 valence electrons. The van der Waals surface area contributed by atoms with Crippen molar-refractivity contribution in [3.8, 4) is 0 Å². The molecule has 0 aliphatic carbocycles. The number of hydrogen-bond acceptors (Lipinski definition) is 3. The Hall–Kier alpha value is -0.810. The molecule has 0 radical (unpaired) electrons. The van der Waals surface area contributed by atoms with Gasteiger partial charge in [-0.25, -0.2) is 4.79 Å². The van der Waals surface area contributed by atoms with Crippen molar-refractivity contribution in [3.63, 3.8) is 0 Å². The van der Waals surface area contributed by atoms with Gasteiger partial charge in [-0.3, -0.25) is 0 Å². The van der Waals surface area contributed by atoms with Crippen molar-refractivity contribution < 1.29 is 9.53 Å². The van der Waals surface area contributed by atoms with E-state index in [0.717, 1.165) is 32.7 Å². The first-order chi connectivity index (χ1) is 7.26. The van der Waals surface area contributed by atoms with E-state index < -0.39 is 0 Å². The average Bonchev–Trinajstić information content (AvgIpc) is 2.20. The molecule has 5 heteroatoms. The Morgan fingerprint density at radius 2 is 1.93 bits per heavy atom. The lowest BCUT2D eigenvalue weighted by molar-refractivity contribution is 0.0939. The Kier molecular flexibility index (Phi) is 5.42. The molecule has 1 saturated heterocycles. The van der Waals surface area contributed by atoms with Crippen LogP contribution in [0.25, 0.3) is 0 Å². The molecular weight excluding hydrogens is 194 g/mol. The molecule has 0 atom stereocenters. The zero-order chi connectivity index (χ0) is 11.1. The third-order valence-corrected chi connectivity index (χ3v) is 2.61. The molecule has 1 aliphatic heterocycles. The van der Waals surface area contributed by atoms with E-state index in [-0.39, 0.29) is 12.2 Å². The number of ether oxygens (including phenoxy) is 1. The molecule has 1 heterocycles. The van der Waals surface area contributed by atoms with E-state index >= 15 is 0 Å². The zero-order valence-electron chi connectivity index (χ0n) is 9.58. The van der Waals surface area contributed by atoms with E-state index in [1.807, 2.05) is 0 Å². The molecule has 0 spiro atoms. The molecule has 0 saturated carbocycles. The summed E-state index contributed by atoms with van der Waals surface area (Å²) in [5, 5.41) is 5.45. The number of nitrogens with zero attached hydrogens (tertiary/aromatic N) is 1. The van der Waals surface area contributed by atoms with Crippen LogP contribution in [0.15, 0.2) is 0 Å². The van der Waals surface area contributed by atoms with Crippen molar-refractivity contribution in [2.24, 2.45) is 0 Å². The fourth-order valence-electron chi connectivity index (χ4n) is 1.50. The summed E-state index contributed by atoms with van der Waals surface area (Å²) in [5.41, 5.74) is 0. The molecule has 15 heavy (non-hydrogen) atoms. The highest BCUT2D eigenvalue weighted by molar-refractivity contribution is 5.79. The van der Waals surface area contributed by atoms with Crippen molar-refractivity contribution >= 4 is 6.03 Å². The average molecular weight is 215 g/mol. The van der Waals surface area contributed by atoms with Gasteiger partial charge in [0.1, 0.15) is 6.17 Å². The molecule has 1 fully saturated rings. The summed E-state index contributed by atoms with van der Waals surface area (Å²) in [6.45, 7) is 8.88. The third kappa shape index (κ3) is 4.48. The van der Waals surface area contributed by atoms with Crippen LogP contribution in [0.2, 0.25) is 0 Å². The van der Waals surface area contributed by atoms with E-state index in [0.29, 0.717) is 6.61 Å². The Morgan fingerprint density at radius 1 is 1.27 bits per heavy atom. The number of rotatable bonds is 8. The van der Waals surface area contributed by atoms with Crippen molar-refractivity contribution in [1.29, 1.82) is 0 Å². The van der Waals surface area contributed by atoms with Crippen LogP contribution in [0, 0.1) is 0 Å². The van der Waals surface area contributed by atoms with Crippen LogP contribution in [0.4, 0.5) is 4.79 Å².